The van der Waals surface area contributed by atoms with Crippen molar-refractivity contribution in [1.82, 2.24) is 9.55 Å². The normalized spacial score (nSPS) is 11.0. The Morgan fingerprint density at radius 2 is 2.00 bits per heavy atom. The number of nitriles is 1. The Morgan fingerprint density at radius 1 is 1.24 bits per heavy atom. The molecule has 29 heavy (non-hydrogen) atoms. The molecule has 1 aromatic carbocycles. The van der Waals surface area contributed by atoms with E-state index in [4.69, 9.17) is 4.74 Å². The molecular formula is C23H22N4O2. The Kier molecular flexibility index (Phi) is 6.10. The van der Waals surface area contributed by atoms with Crippen molar-refractivity contribution in [3.05, 3.63) is 77.3 Å². The number of nitrogens with zero attached hydrogens (tertiary/aromatic N) is 3. The number of hydrogen-bond acceptors (Lipinski definition) is 4. The molecule has 6 nitrogen and oxygen atoms in total. The summed E-state index contributed by atoms with van der Waals surface area (Å²) in [5, 5.41) is 12.3. The predicted molar refractivity (Wildman–Crippen MR) is 113 cm³/mol. The number of carbonyl (C=O) groups excluding carboxylic acids is 1. The van der Waals surface area contributed by atoms with E-state index in [1.807, 2.05) is 55.7 Å². The standard InChI is InChI=1S/C23H22N4O2/c1-4-29-21-10-8-20(9-11-21)26-23(28)19(15-24)14-18-13-16(2)27(17(18)3)22-7-5-6-12-25-22/h5-14H,4H2,1-3H3,(H,26,28)/b19-14-. The second-order valence-corrected chi connectivity index (χ2v) is 6.43. The lowest BCUT2D eigenvalue weighted by Gasteiger charge is -2.08. The number of ether oxygens (including phenoxy) is 1. The van der Waals surface area contributed by atoms with Gasteiger partial charge < -0.3 is 14.6 Å². The van der Waals surface area contributed by atoms with Gasteiger partial charge in [0.25, 0.3) is 5.91 Å². The lowest BCUT2D eigenvalue weighted by Crippen LogP contribution is -2.13. The highest BCUT2D eigenvalue weighted by atomic mass is 16.5. The van der Waals surface area contributed by atoms with Gasteiger partial charge in [0.15, 0.2) is 0 Å². The number of nitrogens with one attached hydrogen (secondary N) is 1. The predicted octanol–water partition coefficient (Wildman–Crippen LogP) is 4.43. The van der Waals surface area contributed by atoms with E-state index in [2.05, 4.69) is 10.3 Å². The minimum atomic E-state index is -0.459. The van der Waals surface area contributed by atoms with Crippen molar-refractivity contribution < 1.29 is 9.53 Å². The van der Waals surface area contributed by atoms with Crippen LogP contribution in [0.1, 0.15) is 23.9 Å². The Morgan fingerprint density at radius 3 is 2.62 bits per heavy atom. The van der Waals surface area contributed by atoms with Gasteiger partial charge in [0, 0.05) is 23.3 Å². The molecule has 1 amide bonds. The lowest BCUT2D eigenvalue weighted by molar-refractivity contribution is -0.112. The van der Waals surface area contributed by atoms with Crippen molar-refractivity contribution in [2.75, 3.05) is 11.9 Å². The molecule has 0 saturated carbocycles. The van der Waals surface area contributed by atoms with E-state index in [9.17, 15) is 10.1 Å². The molecule has 0 unspecified atom stereocenters. The van der Waals surface area contributed by atoms with E-state index in [0.29, 0.717) is 12.3 Å². The van der Waals surface area contributed by atoms with Crippen LogP contribution in [0.4, 0.5) is 5.69 Å². The number of hydrogen-bond donors (Lipinski definition) is 1. The van der Waals surface area contributed by atoms with Crippen molar-refractivity contribution >= 4 is 17.7 Å². The van der Waals surface area contributed by atoms with Crippen LogP contribution in [0.5, 0.6) is 5.75 Å². The van der Waals surface area contributed by atoms with Crippen LogP contribution in [0.15, 0.2) is 60.3 Å². The maximum Gasteiger partial charge on any atom is 0.266 e. The van der Waals surface area contributed by atoms with Crippen LogP contribution < -0.4 is 10.1 Å². The highest BCUT2D eigenvalue weighted by Gasteiger charge is 2.14. The molecular weight excluding hydrogens is 364 g/mol. The van der Waals surface area contributed by atoms with Gasteiger partial charge in [-0.15, -0.1) is 0 Å². The second kappa shape index (κ2) is 8.89. The molecule has 0 bridgehead atoms. The van der Waals surface area contributed by atoms with Gasteiger partial charge in [-0.05, 0) is 74.9 Å². The molecule has 2 aromatic heterocycles. The van der Waals surface area contributed by atoms with Gasteiger partial charge in [-0.2, -0.15) is 5.26 Å². The first-order chi connectivity index (χ1) is 14.0. The van der Waals surface area contributed by atoms with Crippen molar-refractivity contribution in [3.8, 4) is 17.6 Å². The fourth-order valence-corrected chi connectivity index (χ4v) is 3.08. The summed E-state index contributed by atoms with van der Waals surface area (Å²) in [7, 11) is 0. The Labute approximate surface area is 170 Å². The number of carbonyl (C=O) groups is 1. The molecule has 1 N–H and O–H groups in total. The van der Waals surface area contributed by atoms with E-state index in [1.165, 1.54) is 0 Å². The molecule has 3 rings (SSSR count). The zero-order valence-electron chi connectivity index (χ0n) is 16.6. The molecule has 0 atom stereocenters. The molecule has 0 saturated heterocycles. The Balaban J connectivity index is 1.84. The summed E-state index contributed by atoms with van der Waals surface area (Å²) >= 11 is 0. The first-order valence-electron chi connectivity index (χ1n) is 9.30. The van der Waals surface area contributed by atoms with E-state index in [-0.39, 0.29) is 5.57 Å². The Hall–Kier alpha value is -3.85. The van der Waals surface area contributed by atoms with E-state index >= 15 is 0 Å². The van der Waals surface area contributed by atoms with E-state index < -0.39 is 5.91 Å². The van der Waals surface area contributed by atoms with Crippen LogP contribution in [-0.4, -0.2) is 22.1 Å². The molecule has 2 heterocycles. The van der Waals surface area contributed by atoms with E-state index in [1.54, 1.807) is 36.5 Å². The third-order valence-corrected chi connectivity index (χ3v) is 4.44. The zero-order chi connectivity index (χ0) is 20.8. The molecule has 0 spiro atoms. The highest BCUT2D eigenvalue weighted by molar-refractivity contribution is 6.09. The second-order valence-electron chi connectivity index (χ2n) is 6.43. The third-order valence-electron chi connectivity index (χ3n) is 4.44. The molecule has 0 aliphatic rings. The van der Waals surface area contributed by atoms with Gasteiger partial charge in [-0.1, -0.05) is 6.07 Å². The summed E-state index contributed by atoms with van der Waals surface area (Å²) in [5.41, 5.74) is 3.30. The molecule has 0 radical (unpaired) electrons. The molecule has 0 aliphatic carbocycles. The smallest absolute Gasteiger partial charge is 0.266 e. The molecule has 3 aromatic rings. The topological polar surface area (TPSA) is 79.9 Å². The zero-order valence-corrected chi connectivity index (χ0v) is 16.6. The summed E-state index contributed by atoms with van der Waals surface area (Å²) in [6.07, 6.45) is 3.33. The fourth-order valence-electron chi connectivity index (χ4n) is 3.08. The minimum Gasteiger partial charge on any atom is -0.494 e. The summed E-state index contributed by atoms with van der Waals surface area (Å²) < 4.78 is 7.38. The van der Waals surface area contributed by atoms with Crippen molar-refractivity contribution in [3.63, 3.8) is 0 Å². The maximum atomic E-state index is 12.6. The van der Waals surface area contributed by atoms with Crippen molar-refractivity contribution in [2.45, 2.75) is 20.8 Å². The van der Waals surface area contributed by atoms with Gasteiger partial charge in [0.2, 0.25) is 0 Å². The quantitative estimate of drug-likeness (QED) is 0.502. The number of pyridine rings is 1. The number of anilines is 1. The van der Waals surface area contributed by atoms with Crippen LogP contribution in [0, 0.1) is 25.2 Å². The third kappa shape index (κ3) is 4.53. The summed E-state index contributed by atoms with van der Waals surface area (Å²) in [6, 6.07) is 16.7. The molecule has 146 valence electrons. The SMILES string of the molecule is CCOc1ccc(NC(=O)/C(C#N)=C\c2cc(C)n(-c3ccccn3)c2C)cc1. The minimum absolute atomic E-state index is 0.0279. The maximum absolute atomic E-state index is 12.6. The number of amides is 1. The van der Waals surface area contributed by atoms with Crippen LogP contribution >= 0.6 is 0 Å². The summed E-state index contributed by atoms with van der Waals surface area (Å²) in [6.45, 7) is 6.38. The van der Waals surface area contributed by atoms with Gasteiger partial charge in [0.1, 0.15) is 23.2 Å². The van der Waals surface area contributed by atoms with Gasteiger partial charge in [-0.25, -0.2) is 4.98 Å². The molecule has 0 aliphatic heterocycles. The van der Waals surface area contributed by atoms with Gasteiger partial charge in [0.05, 0.1) is 6.61 Å². The number of aryl methyl sites for hydroxylation is 1. The largest absolute Gasteiger partial charge is 0.494 e. The Bertz CT molecular complexity index is 1070. The average molecular weight is 386 g/mol. The average Bonchev–Trinajstić information content (AvgIpc) is 3.01. The number of aromatic nitrogens is 2. The monoisotopic (exact) mass is 386 g/mol. The number of benzene rings is 1. The van der Waals surface area contributed by atoms with Crippen LogP contribution in [0.2, 0.25) is 0 Å². The van der Waals surface area contributed by atoms with Crippen molar-refractivity contribution in [2.24, 2.45) is 0 Å². The van der Waals surface area contributed by atoms with Crippen LogP contribution in [0.3, 0.4) is 0 Å². The molecule has 6 heteroatoms. The molecule has 0 fully saturated rings. The first kappa shape index (κ1) is 19.9. The summed E-state index contributed by atoms with van der Waals surface area (Å²) in [5.74, 6) is 1.06. The van der Waals surface area contributed by atoms with Gasteiger partial charge in [-0.3, -0.25) is 4.79 Å². The highest BCUT2D eigenvalue weighted by Crippen LogP contribution is 2.22. The van der Waals surface area contributed by atoms with E-state index in [0.717, 1.165) is 28.5 Å². The summed E-state index contributed by atoms with van der Waals surface area (Å²) in [4.78, 5) is 17.0. The van der Waals surface area contributed by atoms with Gasteiger partial charge >= 0.3 is 0 Å². The van der Waals surface area contributed by atoms with Crippen LogP contribution in [0.25, 0.3) is 11.9 Å². The van der Waals surface area contributed by atoms with Crippen LogP contribution in [-0.2, 0) is 4.79 Å². The fraction of sp³-hybridized carbons (Fsp3) is 0.174. The first-order valence-corrected chi connectivity index (χ1v) is 9.30. The van der Waals surface area contributed by atoms with Crippen molar-refractivity contribution in [1.29, 1.82) is 5.26 Å². The number of rotatable bonds is 6. The lowest BCUT2D eigenvalue weighted by atomic mass is 10.1.